The van der Waals surface area contributed by atoms with Gasteiger partial charge in [0.05, 0.1) is 12.0 Å². The highest BCUT2D eigenvalue weighted by Gasteiger charge is 2.15. The number of rotatable bonds is 8. The van der Waals surface area contributed by atoms with Gasteiger partial charge in [0.1, 0.15) is 11.6 Å². The first-order valence-electron chi connectivity index (χ1n) is 9.42. The summed E-state index contributed by atoms with van der Waals surface area (Å²) in [6.45, 7) is 14.7. The first-order valence-corrected chi connectivity index (χ1v) is 9.42. The Morgan fingerprint density at radius 1 is 1.19 bits per heavy atom. The number of aromatic nitrogens is 3. The summed E-state index contributed by atoms with van der Waals surface area (Å²) in [6.07, 6.45) is 2.80. The summed E-state index contributed by atoms with van der Waals surface area (Å²) >= 11 is 0. The van der Waals surface area contributed by atoms with Gasteiger partial charge in [-0.05, 0) is 52.9 Å². The van der Waals surface area contributed by atoms with Crippen molar-refractivity contribution in [1.29, 1.82) is 0 Å². The zero-order valence-corrected chi connectivity index (χ0v) is 16.5. The van der Waals surface area contributed by atoms with Crippen molar-refractivity contribution in [1.82, 2.24) is 19.5 Å². The van der Waals surface area contributed by atoms with Gasteiger partial charge in [-0.25, -0.2) is 4.98 Å². The molecule has 0 radical (unpaired) electrons. The van der Waals surface area contributed by atoms with Crippen LogP contribution in [-0.2, 0) is 0 Å². The van der Waals surface area contributed by atoms with Gasteiger partial charge in [-0.15, -0.1) is 0 Å². The number of nitrogens with one attached hydrogen (secondary N) is 1. The maximum atomic E-state index is 5.43. The van der Waals surface area contributed by atoms with Gasteiger partial charge >= 0.3 is 0 Å². The van der Waals surface area contributed by atoms with Gasteiger partial charge in [0.2, 0.25) is 0 Å². The molecule has 3 rings (SSSR count). The zero-order chi connectivity index (χ0) is 18.7. The molecule has 140 valence electrons. The molecule has 0 aliphatic heterocycles. The number of hydrogen-bond donors (Lipinski definition) is 1. The van der Waals surface area contributed by atoms with Crippen molar-refractivity contribution in [2.24, 2.45) is 0 Å². The lowest BCUT2D eigenvalue weighted by molar-refractivity contribution is 0.303. The highest BCUT2D eigenvalue weighted by molar-refractivity contribution is 5.67. The molecule has 0 bridgehead atoms. The van der Waals surface area contributed by atoms with E-state index in [9.17, 15) is 0 Å². The summed E-state index contributed by atoms with van der Waals surface area (Å²) < 4.78 is 7.34. The molecule has 3 heterocycles. The molecule has 0 aliphatic rings. The summed E-state index contributed by atoms with van der Waals surface area (Å²) in [5.41, 5.74) is 4.92. The summed E-state index contributed by atoms with van der Waals surface area (Å²) in [4.78, 5) is 7.14. The number of anilines is 1. The number of furan rings is 1. The Kier molecular flexibility index (Phi) is 5.61. The van der Waals surface area contributed by atoms with Gasteiger partial charge in [-0.1, -0.05) is 13.8 Å². The van der Waals surface area contributed by atoms with E-state index in [0.29, 0.717) is 0 Å². The molecule has 3 aromatic heterocycles. The molecule has 6 nitrogen and oxygen atoms in total. The molecule has 6 heteroatoms. The van der Waals surface area contributed by atoms with Crippen LogP contribution < -0.4 is 5.32 Å². The number of hydrogen-bond acceptors (Lipinski definition) is 5. The molecule has 0 saturated heterocycles. The number of fused-ring (bicyclic) bond motifs is 1. The van der Waals surface area contributed by atoms with Crippen molar-refractivity contribution >= 4 is 11.5 Å². The lowest BCUT2D eigenvalue weighted by atomic mass is 10.2. The SMILES string of the molecule is CCN(CC)CCCNc1c(C)c(C)nc2cc(-c3ccoc3C)nn12. The normalized spacial score (nSPS) is 11.6. The van der Waals surface area contributed by atoms with Gasteiger partial charge < -0.3 is 14.6 Å². The second-order valence-corrected chi connectivity index (χ2v) is 6.67. The van der Waals surface area contributed by atoms with E-state index in [4.69, 9.17) is 14.5 Å². The lowest BCUT2D eigenvalue weighted by Gasteiger charge is -2.18. The van der Waals surface area contributed by atoms with E-state index < -0.39 is 0 Å². The van der Waals surface area contributed by atoms with E-state index in [-0.39, 0.29) is 0 Å². The van der Waals surface area contributed by atoms with Crippen LogP contribution in [0.1, 0.15) is 37.3 Å². The van der Waals surface area contributed by atoms with Gasteiger partial charge in [0.15, 0.2) is 5.65 Å². The van der Waals surface area contributed by atoms with Crippen LogP contribution in [0.3, 0.4) is 0 Å². The molecule has 0 aliphatic carbocycles. The van der Waals surface area contributed by atoms with Crippen LogP contribution in [0.5, 0.6) is 0 Å². The van der Waals surface area contributed by atoms with E-state index in [1.54, 1.807) is 6.26 Å². The maximum absolute atomic E-state index is 5.43. The highest BCUT2D eigenvalue weighted by atomic mass is 16.3. The quantitative estimate of drug-likeness (QED) is 0.618. The monoisotopic (exact) mass is 355 g/mol. The minimum Gasteiger partial charge on any atom is -0.469 e. The molecule has 0 amide bonds. The van der Waals surface area contributed by atoms with E-state index in [1.165, 1.54) is 0 Å². The number of aryl methyl sites for hydroxylation is 2. The third kappa shape index (κ3) is 3.60. The maximum Gasteiger partial charge on any atom is 0.158 e. The van der Waals surface area contributed by atoms with E-state index in [0.717, 1.165) is 72.3 Å². The van der Waals surface area contributed by atoms with Crippen molar-refractivity contribution in [3.63, 3.8) is 0 Å². The third-order valence-electron chi connectivity index (χ3n) is 5.06. The van der Waals surface area contributed by atoms with Gasteiger partial charge in [-0.3, -0.25) is 0 Å². The fourth-order valence-electron chi connectivity index (χ4n) is 3.24. The van der Waals surface area contributed by atoms with Crippen LogP contribution >= 0.6 is 0 Å². The van der Waals surface area contributed by atoms with Crippen molar-refractivity contribution < 1.29 is 4.42 Å². The summed E-state index contributed by atoms with van der Waals surface area (Å²) in [7, 11) is 0. The Bertz CT molecular complexity index is 876. The molecule has 0 saturated carbocycles. The van der Waals surface area contributed by atoms with Crippen LogP contribution in [0.4, 0.5) is 5.82 Å². The molecule has 0 aromatic carbocycles. The molecule has 0 spiro atoms. The topological polar surface area (TPSA) is 58.6 Å². The summed E-state index contributed by atoms with van der Waals surface area (Å²) in [5.74, 6) is 1.90. The predicted octanol–water partition coefficient (Wildman–Crippen LogP) is 4.06. The van der Waals surface area contributed by atoms with Crippen LogP contribution in [0.2, 0.25) is 0 Å². The molecule has 1 N–H and O–H groups in total. The molecular weight excluding hydrogens is 326 g/mol. The minimum atomic E-state index is 0.856. The number of nitrogens with zero attached hydrogens (tertiary/aromatic N) is 4. The fourth-order valence-corrected chi connectivity index (χ4v) is 3.24. The van der Waals surface area contributed by atoms with Crippen LogP contribution in [0, 0.1) is 20.8 Å². The molecule has 3 aromatic rings. The first kappa shape index (κ1) is 18.5. The lowest BCUT2D eigenvalue weighted by Crippen LogP contribution is -2.25. The predicted molar refractivity (Wildman–Crippen MR) is 106 cm³/mol. The van der Waals surface area contributed by atoms with Crippen LogP contribution in [0.25, 0.3) is 16.9 Å². The average Bonchev–Trinajstić information content (AvgIpc) is 3.23. The van der Waals surface area contributed by atoms with E-state index in [1.807, 2.05) is 30.5 Å². The average molecular weight is 355 g/mol. The molecule has 0 atom stereocenters. The van der Waals surface area contributed by atoms with Gasteiger partial charge in [-0.2, -0.15) is 9.61 Å². The van der Waals surface area contributed by atoms with Crippen molar-refractivity contribution in [2.75, 3.05) is 31.5 Å². The Labute approximate surface area is 155 Å². The Balaban J connectivity index is 1.85. The smallest absolute Gasteiger partial charge is 0.158 e. The largest absolute Gasteiger partial charge is 0.469 e. The summed E-state index contributed by atoms with van der Waals surface area (Å²) in [6, 6.07) is 3.97. The van der Waals surface area contributed by atoms with E-state index >= 15 is 0 Å². The Morgan fingerprint density at radius 3 is 2.62 bits per heavy atom. The summed E-state index contributed by atoms with van der Waals surface area (Å²) in [5, 5.41) is 8.37. The van der Waals surface area contributed by atoms with Crippen molar-refractivity contribution in [3.8, 4) is 11.3 Å². The fraction of sp³-hybridized carbons (Fsp3) is 0.500. The standard InChI is InChI=1S/C20H29N5O/c1-6-24(7-2)11-8-10-21-20-14(3)15(4)22-19-13-18(23-25(19)20)17-9-12-26-16(17)5/h9,12-13,21H,6-8,10-11H2,1-5H3. The molecule has 26 heavy (non-hydrogen) atoms. The second-order valence-electron chi connectivity index (χ2n) is 6.67. The first-order chi connectivity index (χ1) is 12.5. The van der Waals surface area contributed by atoms with E-state index in [2.05, 4.69) is 31.0 Å². The van der Waals surface area contributed by atoms with Crippen molar-refractivity contribution in [2.45, 2.75) is 41.0 Å². The Hall–Kier alpha value is -2.34. The molecule has 0 unspecified atom stereocenters. The van der Waals surface area contributed by atoms with Crippen LogP contribution in [-0.4, -0.2) is 45.7 Å². The minimum absolute atomic E-state index is 0.856. The van der Waals surface area contributed by atoms with Crippen molar-refractivity contribution in [3.05, 3.63) is 35.4 Å². The zero-order valence-electron chi connectivity index (χ0n) is 16.5. The van der Waals surface area contributed by atoms with Gasteiger partial charge in [0, 0.05) is 29.4 Å². The highest BCUT2D eigenvalue weighted by Crippen LogP contribution is 2.27. The molecule has 0 fully saturated rings. The van der Waals surface area contributed by atoms with Crippen LogP contribution in [0.15, 0.2) is 22.8 Å². The Morgan fingerprint density at radius 2 is 1.96 bits per heavy atom. The third-order valence-corrected chi connectivity index (χ3v) is 5.06. The second kappa shape index (κ2) is 7.91. The molecular formula is C20H29N5O. The van der Waals surface area contributed by atoms with Gasteiger partial charge in [0.25, 0.3) is 0 Å².